The summed E-state index contributed by atoms with van der Waals surface area (Å²) in [5, 5.41) is 25.3. The van der Waals surface area contributed by atoms with Gasteiger partial charge >= 0.3 is 5.97 Å². The zero-order valence-electron chi connectivity index (χ0n) is 18.1. The Balaban J connectivity index is 1.84. The van der Waals surface area contributed by atoms with Crippen LogP contribution >= 0.6 is 0 Å². The maximum atomic E-state index is 11.9. The quantitative estimate of drug-likeness (QED) is 0.488. The molecule has 0 spiro atoms. The number of ether oxygens (including phenoxy) is 1. The maximum absolute atomic E-state index is 11.9. The van der Waals surface area contributed by atoms with Gasteiger partial charge in [-0.2, -0.15) is 0 Å². The van der Waals surface area contributed by atoms with Gasteiger partial charge in [-0.3, -0.25) is 10.1 Å². The number of benzene rings is 2. The molecule has 0 aliphatic rings. The van der Waals surface area contributed by atoms with Crippen molar-refractivity contribution < 1.29 is 14.6 Å². The lowest BCUT2D eigenvalue weighted by Crippen LogP contribution is -2.44. The first kappa shape index (κ1) is 22.4. The van der Waals surface area contributed by atoms with Gasteiger partial charge in [-0.1, -0.05) is 56.3 Å². The lowest BCUT2D eigenvalue weighted by Gasteiger charge is -2.25. The highest BCUT2D eigenvalue weighted by molar-refractivity contribution is 5.73. The number of carboxylic acid groups (broad SMARTS) is 1. The van der Waals surface area contributed by atoms with Crippen molar-refractivity contribution in [2.45, 2.75) is 45.3 Å². The highest BCUT2D eigenvalue weighted by Crippen LogP contribution is 2.24. The van der Waals surface area contributed by atoms with Crippen LogP contribution in [0.5, 0.6) is 5.75 Å². The molecule has 0 amide bonds. The molecule has 0 bridgehead atoms. The number of nitrogens with zero attached hydrogens (tertiary/aromatic N) is 4. The van der Waals surface area contributed by atoms with E-state index < -0.39 is 18.1 Å². The van der Waals surface area contributed by atoms with E-state index in [1.807, 2.05) is 56.3 Å². The van der Waals surface area contributed by atoms with Gasteiger partial charge in [-0.15, -0.1) is 5.10 Å². The molecule has 8 heteroatoms. The second kappa shape index (κ2) is 10.7. The summed E-state index contributed by atoms with van der Waals surface area (Å²) >= 11 is 0. The fourth-order valence-corrected chi connectivity index (χ4v) is 3.50. The SMILES string of the molecule is COc1ccc(C(N[C@H](C(=O)O)C(C)C)c2nnnn2CCCc2ccccc2)cc1. The fourth-order valence-electron chi connectivity index (χ4n) is 3.50. The molecule has 164 valence electrons. The Bertz CT molecular complexity index is 957. The van der Waals surface area contributed by atoms with Crippen LogP contribution in [0, 0.1) is 5.92 Å². The molecule has 0 aliphatic heterocycles. The molecular weight excluding hydrogens is 394 g/mol. The van der Waals surface area contributed by atoms with Crippen molar-refractivity contribution in [3.05, 3.63) is 71.5 Å². The van der Waals surface area contributed by atoms with Crippen LogP contribution < -0.4 is 10.1 Å². The molecule has 31 heavy (non-hydrogen) atoms. The van der Waals surface area contributed by atoms with E-state index in [-0.39, 0.29) is 5.92 Å². The Morgan fingerprint density at radius 1 is 1.13 bits per heavy atom. The van der Waals surface area contributed by atoms with Crippen molar-refractivity contribution in [2.24, 2.45) is 5.92 Å². The number of aromatic nitrogens is 4. The van der Waals surface area contributed by atoms with E-state index in [4.69, 9.17) is 4.74 Å². The number of carbonyl (C=O) groups is 1. The molecule has 0 saturated carbocycles. The first-order valence-corrected chi connectivity index (χ1v) is 10.4. The molecule has 0 fully saturated rings. The number of hydrogen-bond donors (Lipinski definition) is 2. The van der Waals surface area contributed by atoms with Crippen LogP contribution in [-0.4, -0.2) is 44.4 Å². The van der Waals surface area contributed by atoms with Crippen molar-refractivity contribution >= 4 is 5.97 Å². The van der Waals surface area contributed by atoms with Gasteiger partial charge in [0.05, 0.1) is 13.2 Å². The number of nitrogens with one attached hydrogen (secondary N) is 1. The first-order chi connectivity index (χ1) is 15.0. The average molecular weight is 424 g/mol. The van der Waals surface area contributed by atoms with E-state index >= 15 is 0 Å². The van der Waals surface area contributed by atoms with Gasteiger partial charge in [0.1, 0.15) is 11.8 Å². The molecule has 2 N–H and O–H groups in total. The summed E-state index contributed by atoms with van der Waals surface area (Å²) in [7, 11) is 1.61. The van der Waals surface area contributed by atoms with Crippen LogP contribution in [0.4, 0.5) is 0 Å². The fraction of sp³-hybridized carbons (Fsp3) is 0.391. The summed E-state index contributed by atoms with van der Waals surface area (Å²) in [6, 6.07) is 16.5. The maximum Gasteiger partial charge on any atom is 0.320 e. The third kappa shape index (κ3) is 5.88. The summed E-state index contributed by atoms with van der Waals surface area (Å²) in [6.45, 7) is 4.38. The van der Waals surface area contributed by atoms with Crippen LogP contribution in [0.25, 0.3) is 0 Å². The second-order valence-corrected chi connectivity index (χ2v) is 7.78. The van der Waals surface area contributed by atoms with Crippen LogP contribution in [-0.2, 0) is 17.8 Å². The number of methoxy groups -OCH3 is 1. The van der Waals surface area contributed by atoms with E-state index in [2.05, 4.69) is 33.0 Å². The van der Waals surface area contributed by atoms with Gasteiger partial charge in [-0.25, -0.2) is 4.68 Å². The normalized spacial score (nSPS) is 13.2. The summed E-state index contributed by atoms with van der Waals surface area (Å²) in [4.78, 5) is 11.9. The molecule has 3 aromatic rings. The van der Waals surface area contributed by atoms with Crippen molar-refractivity contribution in [2.75, 3.05) is 7.11 Å². The number of carboxylic acids is 1. The van der Waals surface area contributed by atoms with Gasteiger partial charge in [0.15, 0.2) is 5.82 Å². The highest BCUT2D eigenvalue weighted by Gasteiger charge is 2.29. The Labute approximate surface area is 182 Å². The summed E-state index contributed by atoms with van der Waals surface area (Å²) in [5.41, 5.74) is 2.12. The molecule has 1 heterocycles. The first-order valence-electron chi connectivity index (χ1n) is 10.4. The molecule has 3 rings (SSSR count). The van der Waals surface area contributed by atoms with E-state index in [1.54, 1.807) is 11.8 Å². The molecule has 2 atom stereocenters. The summed E-state index contributed by atoms with van der Waals surface area (Å²) < 4.78 is 7.01. The van der Waals surface area contributed by atoms with Crippen LogP contribution in [0.3, 0.4) is 0 Å². The Morgan fingerprint density at radius 2 is 1.84 bits per heavy atom. The lowest BCUT2D eigenvalue weighted by atomic mass is 9.99. The second-order valence-electron chi connectivity index (χ2n) is 7.78. The van der Waals surface area contributed by atoms with E-state index in [0.29, 0.717) is 12.4 Å². The van der Waals surface area contributed by atoms with Gasteiger partial charge in [0.25, 0.3) is 0 Å². The van der Waals surface area contributed by atoms with Gasteiger partial charge in [-0.05, 0) is 52.4 Å². The summed E-state index contributed by atoms with van der Waals surface area (Å²) in [5.74, 6) is 0.297. The van der Waals surface area contributed by atoms with Gasteiger partial charge in [0, 0.05) is 6.54 Å². The predicted octanol–water partition coefficient (Wildman–Crippen LogP) is 3.10. The van der Waals surface area contributed by atoms with Crippen molar-refractivity contribution in [3.8, 4) is 5.75 Å². The van der Waals surface area contributed by atoms with Gasteiger partial charge in [0.2, 0.25) is 0 Å². The van der Waals surface area contributed by atoms with E-state index in [9.17, 15) is 9.90 Å². The molecule has 1 aromatic heterocycles. The largest absolute Gasteiger partial charge is 0.497 e. The van der Waals surface area contributed by atoms with Crippen molar-refractivity contribution in [3.63, 3.8) is 0 Å². The molecule has 2 aromatic carbocycles. The van der Waals surface area contributed by atoms with E-state index in [0.717, 1.165) is 24.2 Å². The smallest absolute Gasteiger partial charge is 0.320 e. The topological polar surface area (TPSA) is 102 Å². The minimum atomic E-state index is -0.906. The third-order valence-electron chi connectivity index (χ3n) is 5.22. The Morgan fingerprint density at radius 3 is 2.45 bits per heavy atom. The third-order valence-corrected chi connectivity index (χ3v) is 5.22. The molecule has 0 aliphatic carbocycles. The molecule has 0 saturated heterocycles. The molecular formula is C23H29N5O3. The summed E-state index contributed by atoms with van der Waals surface area (Å²) in [6.07, 6.45) is 1.77. The predicted molar refractivity (Wildman–Crippen MR) is 117 cm³/mol. The average Bonchev–Trinajstić information content (AvgIpc) is 3.23. The lowest BCUT2D eigenvalue weighted by molar-refractivity contribution is -0.140. The van der Waals surface area contributed by atoms with Gasteiger partial charge < -0.3 is 9.84 Å². The Hall–Kier alpha value is -3.26. The number of rotatable bonds is 11. The monoisotopic (exact) mass is 423 g/mol. The molecule has 0 radical (unpaired) electrons. The van der Waals surface area contributed by atoms with E-state index in [1.165, 1.54) is 5.56 Å². The van der Waals surface area contributed by atoms with Crippen LogP contribution in [0.1, 0.15) is 43.3 Å². The Kier molecular flexibility index (Phi) is 7.72. The van der Waals surface area contributed by atoms with Crippen molar-refractivity contribution in [1.82, 2.24) is 25.5 Å². The number of aryl methyl sites for hydroxylation is 2. The molecule has 8 nitrogen and oxygen atoms in total. The molecule has 1 unspecified atom stereocenters. The standard InChI is InChI=1S/C23H29N5O3/c1-16(2)20(23(29)30)24-21(18-11-13-19(31-3)14-12-18)22-25-26-27-28(22)15-7-10-17-8-5-4-6-9-17/h4-6,8-9,11-14,16,20-21,24H,7,10,15H2,1-3H3,(H,29,30)/t20-,21?/m0/s1. The van der Waals surface area contributed by atoms with Crippen LogP contribution in [0.15, 0.2) is 54.6 Å². The zero-order valence-corrected chi connectivity index (χ0v) is 18.1. The minimum Gasteiger partial charge on any atom is -0.497 e. The highest BCUT2D eigenvalue weighted by atomic mass is 16.5. The number of tetrazole rings is 1. The number of aliphatic carboxylic acids is 1. The van der Waals surface area contributed by atoms with Crippen molar-refractivity contribution in [1.29, 1.82) is 0 Å². The minimum absolute atomic E-state index is 0.111. The zero-order chi connectivity index (χ0) is 22.2. The van der Waals surface area contributed by atoms with Crippen LogP contribution in [0.2, 0.25) is 0 Å². The number of hydrogen-bond acceptors (Lipinski definition) is 6.